The highest BCUT2D eigenvalue weighted by Gasteiger charge is 2.10. The number of aromatic nitrogens is 2. The molecular formula is C17H14BrN3O. The fraction of sp³-hybridized carbons (Fsp3) is 0.0588. The van der Waals surface area contributed by atoms with E-state index >= 15 is 0 Å². The van der Waals surface area contributed by atoms with Crippen LogP contribution in [0.4, 0.5) is 5.69 Å². The topological polar surface area (TPSA) is 50.1 Å². The molecule has 0 aliphatic rings. The van der Waals surface area contributed by atoms with Gasteiger partial charge in [-0.1, -0.05) is 34.1 Å². The summed E-state index contributed by atoms with van der Waals surface area (Å²) in [6, 6.07) is 17.1. The molecule has 3 rings (SSSR count). The van der Waals surface area contributed by atoms with Crippen LogP contribution in [0.2, 0.25) is 0 Å². The van der Waals surface area contributed by atoms with Gasteiger partial charge in [0.2, 0.25) is 0 Å². The highest BCUT2D eigenvalue weighted by atomic mass is 79.9. The predicted octanol–water partition coefficient (Wildman–Crippen LogP) is 3.99. The third kappa shape index (κ3) is 2.94. The van der Waals surface area contributed by atoms with Crippen molar-refractivity contribution in [3.8, 4) is 5.69 Å². The minimum atomic E-state index is -0.112. The summed E-state index contributed by atoms with van der Waals surface area (Å²) in [5, 5.41) is 3.08. The van der Waals surface area contributed by atoms with Crippen molar-refractivity contribution >= 4 is 27.8 Å². The maximum Gasteiger partial charge on any atom is 0.280 e. The van der Waals surface area contributed by atoms with E-state index in [0.717, 1.165) is 21.5 Å². The van der Waals surface area contributed by atoms with Crippen molar-refractivity contribution in [2.75, 3.05) is 0 Å². The molecule has 0 saturated heterocycles. The second kappa shape index (κ2) is 6.15. The number of hydrogen-bond donors (Lipinski definition) is 1. The van der Waals surface area contributed by atoms with Crippen LogP contribution in [0.5, 0.6) is 0 Å². The fourth-order valence-electron chi connectivity index (χ4n) is 2.14. The summed E-state index contributed by atoms with van der Waals surface area (Å²) in [6.07, 6.45) is 1.61. The number of hydrogen-bond acceptors (Lipinski definition) is 2. The Bertz CT molecular complexity index is 861. The summed E-state index contributed by atoms with van der Waals surface area (Å²) in [7, 11) is 0. The van der Waals surface area contributed by atoms with E-state index in [2.05, 4.69) is 26.0 Å². The molecule has 0 bridgehead atoms. The molecule has 0 saturated carbocycles. The van der Waals surface area contributed by atoms with Gasteiger partial charge < -0.3 is 0 Å². The largest absolute Gasteiger partial charge is 0.295 e. The summed E-state index contributed by atoms with van der Waals surface area (Å²) < 4.78 is 2.49. The van der Waals surface area contributed by atoms with Gasteiger partial charge in [-0.2, -0.15) is 0 Å². The molecule has 3 aromatic rings. The van der Waals surface area contributed by atoms with Crippen LogP contribution < -0.4 is 5.56 Å². The quantitative estimate of drug-likeness (QED) is 0.709. The third-order valence-electron chi connectivity index (χ3n) is 3.30. The zero-order chi connectivity index (χ0) is 15.5. The predicted molar refractivity (Wildman–Crippen MR) is 92.5 cm³/mol. The lowest BCUT2D eigenvalue weighted by atomic mass is 10.2. The molecule has 0 unspecified atom stereocenters. The molecule has 1 heterocycles. The molecule has 22 heavy (non-hydrogen) atoms. The molecule has 0 aliphatic heterocycles. The smallest absolute Gasteiger partial charge is 0.280 e. The molecule has 1 aromatic heterocycles. The van der Waals surface area contributed by atoms with E-state index in [1.165, 1.54) is 4.68 Å². The number of halogens is 1. The van der Waals surface area contributed by atoms with Crippen LogP contribution in [0.25, 0.3) is 5.69 Å². The van der Waals surface area contributed by atoms with Crippen LogP contribution in [0.3, 0.4) is 0 Å². The summed E-state index contributed by atoms with van der Waals surface area (Å²) in [4.78, 5) is 16.9. The van der Waals surface area contributed by atoms with Crippen LogP contribution in [-0.4, -0.2) is 16.0 Å². The number of rotatable bonds is 3. The minimum Gasteiger partial charge on any atom is -0.295 e. The summed E-state index contributed by atoms with van der Waals surface area (Å²) in [5.41, 5.74) is 2.84. The van der Waals surface area contributed by atoms with Crippen LogP contribution in [0.15, 0.2) is 68.9 Å². The number of nitrogens with one attached hydrogen (secondary N) is 1. The highest BCUT2D eigenvalue weighted by Crippen LogP contribution is 2.14. The van der Waals surface area contributed by atoms with Gasteiger partial charge in [0.15, 0.2) is 0 Å². The van der Waals surface area contributed by atoms with Crippen LogP contribution in [-0.2, 0) is 0 Å². The Morgan fingerprint density at radius 1 is 1.09 bits per heavy atom. The third-order valence-corrected chi connectivity index (χ3v) is 3.83. The van der Waals surface area contributed by atoms with Gasteiger partial charge in [0.25, 0.3) is 5.56 Å². The van der Waals surface area contributed by atoms with Gasteiger partial charge in [-0.05, 0) is 43.3 Å². The zero-order valence-electron chi connectivity index (χ0n) is 12.0. The number of aliphatic imine (C=N–C) groups is 1. The first kappa shape index (κ1) is 14.5. The average Bonchev–Trinajstić information content (AvgIpc) is 2.82. The average molecular weight is 356 g/mol. The van der Waals surface area contributed by atoms with Crippen LogP contribution >= 0.6 is 15.9 Å². The first-order valence-corrected chi connectivity index (χ1v) is 7.61. The first-order chi connectivity index (χ1) is 10.6. The number of nitrogens with zero attached hydrogens (tertiary/aromatic N) is 2. The molecule has 0 radical (unpaired) electrons. The Hall–Kier alpha value is -2.40. The number of benzene rings is 2. The zero-order valence-corrected chi connectivity index (χ0v) is 13.5. The highest BCUT2D eigenvalue weighted by molar-refractivity contribution is 9.10. The Morgan fingerprint density at radius 2 is 1.77 bits per heavy atom. The molecule has 4 nitrogen and oxygen atoms in total. The second-order valence-electron chi connectivity index (χ2n) is 4.86. The van der Waals surface area contributed by atoms with E-state index < -0.39 is 0 Å². The van der Waals surface area contributed by atoms with Crippen LogP contribution in [0, 0.1) is 6.92 Å². The van der Waals surface area contributed by atoms with E-state index in [-0.39, 0.29) is 5.56 Å². The molecule has 5 heteroatoms. The van der Waals surface area contributed by atoms with E-state index in [4.69, 9.17) is 0 Å². The van der Waals surface area contributed by atoms with Crippen molar-refractivity contribution in [2.24, 2.45) is 4.99 Å². The van der Waals surface area contributed by atoms with Crippen molar-refractivity contribution < 1.29 is 0 Å². The fourth-order valence-corrected chi connectivity index (χ4v) is 2.40. The second-order valence-corrected chi connectivity index (χ2v) is 5.78. The maximum atomic E-state index is 12.5. The maximum absolute atomic E-state index is 12.5. The van der Waals surface area contributed by atoms with Crippen molar-refractivity contribution in [2.45, 2.75) is 6.92 Å². The molecule has 0 aliphatic carbocycles. The molecule has 0 atom stereocenters. The lowest BCUT2D eigenvalue weighted by Gasteiger charge is -2.00. The van der Waals surface area contributed by atoms with Gasteiger partial charge in [0.1, 0.15) is 0 Å². The van der Waals surface area contributed by atoms with E-state index in [1.54, 1.807) is 6.21 Å². The van der Waals surface area contributed by atoms with Crippen molar-refractivity contribution in [1.29, 1.82) is 0 Å². The monoisotopic (exact) mass is 355 g/mol. The Kier molecular flexibility index (Phi) is 4.06. The van der Waals surface area contributed by atoms with Crippen molar-refractivity contribution in [1.82, 2.24) is 9.78 Å². The summed E-state index contributed by atoms with van der Waals surface area (Å²) >= 11 is 3.39. The Balaban J connectivity index is 1.99. The molecule has 0 spiro atoms. The SMILES string of the molecule is Cc1[nH]n(-c2ccc(Br)cc2)c(=O)c1C=Nc1ccccc1. The van der Waals surface area contributed by atoms with Gasteiger partial charge >= 0.3 is 0 Å². The van der Waals surface area contributed by atoms with Gasteiger partial charge in [0.05, 0.1) is 16.9 Å². The number of H-pyrrole nitrogens is 1. The van der Waals surface area contributed by atoms with Gasteiger partial charge in [-0.3, -0.25) is 14.9 Å². The van der Waals surface area contributed by atoms with Crippen LogP contribution in [0.1, 0.15) is 11.3 Å². The molecule has 110 valence electrons. The molecular weight excluding hydrogens is 342 g/mol. The normalized spacial score (nSPS) is 11.2. The summed E-state index contributed by atoms with van der Waals surface area (Å²) in [5.74, 6) is 0. The molecule has 0 fully saturated rings. The summed E-state index contributed by atoms with van der Waals surface area (Å²) in [6.45, 7) is 1.86. The minimum absolute atomic E-state index is 0.112. The lowest BCUT2D eigenvalue weighted by Crippen LogP contribution is -2.17. The molecule has 2 aromatic carbocycles. The van der Waals surface area contributed by atoms with Gasteiger partial charge in [-0.15, -0.1) is 0 Å². The van der Waals surface area contributed by atoms with E-state index in [1.807, 2.05) is 61.5 Å². The molecule has 1 N–H and O–H groups in total. The van der Waals surface area contributed by atoms with Gasteiger partial charge in [0, 0.05) is 16.4 Å². The van der Waals surface area contributed by atoms with Gasteiger partial charge in [-0.25, -0.2) is 4.68 Å². The number of aryl methyl sites for hydroxylation is 1. The number of para-hydroxylation sites is 1. The van der Waals surface area contributed by atoms with E-state index in [9.17, 15) is 4.79 Å². The standard InChI is InChI=1S/C17H14BrN3O/c1-12-16(11-19-14-5-3-2-4-6-14)17(22)21(20-12)15-9-7-13(18)8-10-15/h2-11,20H,1H3. The lowest BCUT2D eigenvalue weighted by molar-refractivity contribution is 0.835. The number of aromatic amines is 1. The Morgan fingerprint density at radius 3 is 2.45 bits per heavy atom. The van der Waals surface area contributed by atoms with Crippen molar-refractivity contribution in [3.05, 3.63) is 80.7 Å². The Labute approximate surface area is 136 Å². The first-order valence-electron chi connectivity index (χ1n) is 6.82. The molecule has 0 amide bonds. The van der Waals surface area contributed by atoms with Crippen molar-refractivity contribution in [3.63, 3.8) is 0 Å². The van der Waals surface area contributed by atoms with E-state index in [0.29, 0.717) is 5.56 Å².